The van der Waals surface area contributed by atoms with Crippen molar-refractivity contribution in [3.63, 3.8) is 0 Å². The van der Waals surface area contributed by atoms with Gasteiger partial charge in [0.25, 0.3) is 0 Å². The van der Waals surface area contributed by atoms with E-state index in [1.807, 2.05) is 0 Å². The summed E-state index contributed by atoms with van der Waals surface area (Å²) in [5.41, 5.74) is 5.12. The fourth-order valence-electron chi connectivity index (χ4n) is 2.95. The van der Waals surface area contributed by atoms with Gasteiger partial charge in [0.15, 0.2) is 5.96 Å². The number of aliphatic carboxylic acids is 3. The Bertz CT molecular complexity index is 775. The van der Waals surface area contributed by atoms with Crippen LogP contribution in [0.1, 0.15) is 19.3 Å². The Morgan fingerprint density at radius 2 is 1.39 bits per heavy atom. The number of nitrogens with one attached hydrogen (secondary N) is 2. The number of guanidine groups is 1. The first kappa shape index (κ1) is 30.9. The molecule has 0 bridgehead atoms. The van der Waals surface area contributed by atoms with E-state index in [4.69, 9.17) is 35.8 Å². The monoisotopic (exact) mass is 521 g/mol. The van der Waals surface area contributed by atoms with Crippen LogP contribution in [-0.4, -0.2) is 113 Å². The molecular weight excluding hydrogens is 492 g/mol. The van der Waals surface area contributed by atoms with Crippen molar-refractivity contribution in [3.8, 4) is 0 Å². The van der Waals surface area contributed by atoms with Crippen LogP contribution in [0.2, 0.25) is 0 Å². The number of nitrogens with zero attached hydrogens (tertiary/aromatic N) is 2. The van der Waals surface area contributed by atoms with Gasteiger partial charge in [-0.25, -0.2) is 0 Å². The Labute approximate surface area is 188 Å². The number of rotatable bonds is 17. The molecule has 0 aliphatic heterocycles. The molecule has 192 valence electrons. The molecule has 0 rings (SSSR count). The van der Waals surface area contributed by atoms with Crippen LogP contribution in [-0.2, 0) is 23.5 Å². The van der Waals surface area contributed by atoms with E-state index in [9.17, 15) is 33.7 Å². The zero-order valence-electron chi connectivity index (χ0n) is 17.3. The molecule has 0 aromatic rings. The highest BCUT2D eigenvalue weighted by Crippen LogP contribution is 2.40. The van der Waals surface area contributed by atoms with Crippen LogP contribution in [0.3, 0.4) is 0 Å². The molecule has 0 radical (unpaired) electrons. The summed E-state index contributed by atoms with van der Waals surface area (Å²) in [6.45, 7) is -1.14. The van der Waals surface area contributed by atoms with Gasteiger partial charge in [-0.1, -0.05) is 0 Å². The summed E-state index contributed by atoms with van der Waals surface area (Å²) < 4.78 is 22.6. The van der Waals surface area contributed by atoms with Gasteiger partial charge in [-0.05, 0) is 12.8 Å². The van der Waals surface area contributed by atoms with Gasteiger partial charge in [0.1, 0.15) is 24.7 Å². The van der Waals surface area contributed by atoms with Gasteiger partial charge in [0, 0.05) is 19.6 Å². The predicted octanol–water partition coefficient (Wildman–Crippen LogP) is -2.49. The Hall–Kier alpha value is -2.10. The average molecular weight is 521 g/mol. The summed E-state index contributed by atoms with van der Waals surface area (Å²) in [5, 5.41) is 37.7. The van der Waals surface area contributed by atoms with Gasteiger partial charge in [0.05, 0.1) is 6.42 Å². The first-order valence-corrected chi connectivity index (χ1v) is 12.8. The molecule has 0 saturated heterocycles. The van der Waals surface area contributed by atoms with Crippen molar-refractivity contribution in [1.29, 1.82) is 5.41 Å². The van der Waals surface area contributed by atoms with Crippen molar-refractivity contribution in [2.45, 2.75) is 31.3 Å². The summed E-state index contributed by atoms with van der Waals surface area (Å²) in [6, 6.07) is -3.44. The number of hydrogen-bond donors (Lipinski definition) is 10. The Morgan fingerprint density at radius 1 is 0.909 bits per heavy atom. The lowest BCUT2D eigenvalue weighted by Crippen LogP contribution is -2.54. The normalized spacial score (nSPS) is 14.1. The molecule has 0 spiro atoms. The first-order chi connectivity index (χ1) is 14.9. The van der Waals surface area contributed by atoms with Crippen LogP contribution in [0.5, 0.6) is 0 Å². The minimum atomic E-state index is -4.81. The fourth-order valence-corrected chi connectivity index (χ4v) is 4.64. The summed E-state index contributed by atoms with van der Waals surface area (Å²) in [4.78, 5) is 72.8. The predicted molar refractivity (Wildman–Crippen MR) is 111 cm³/mol. The van der Waals surface area contributed by atoms with Crippen LogP contribution in [0.4, 0.5) is 0 Å². The minimum Gasteiger partial charge on any atom is -0.481 e. The van der Waals surface area contributed by atoms with Crippen molar-refractivity contribution >= 4 is 39.1 Å². The van der Waals surface area contributed by atoms with Crippen molar-refractivity contribution in [1.82, 2.24) is 15.1 Å². The number of carbonyl (C=O) groups is 3. The Morgan fingerprint density at radius 3 is 1.76 bits per heavy atom. The standard InChI is InChI=1S/C14H29N5O12P2/c15-14(16)17-3-1-2-9(12(22)23)19(10(13(24)25)6-11(20)21)5-4-18(7-32(26,27)28)8-33(29,30)31/h9-10H,1-8H2,(H,20,21)(H,22,23)(H,24,25)(H4,15,16,17)(H2,26,27,28)(H2,29,30,31). The quantitative estimate of drug-likeness (QED) is 0.0409. The lowest BCUT2D eigenvalue weighted by atomic mass is 10.0. The van der Waals surface area contributed by atoms with Crippen LogP contribution in [0, 0.1) is 5.41 Å². The van der Waals surface area contributed by atoms with E-state index >= 15 is 0 Å². The Kier molecular flexibility index (Phi) is 12.7. The van der Waals surface area contributed by atoms with Gasteiger partial charge in [-0.2, -0.15) is 0 Å². The molecule has 2 atom stereocenters. The largest absolute Gasteiger partial charge is 0.481 e. The first-order valence-electron chi connectivity index (χ1n) is 9.25. The van der Waals surface area contributed by atoms with Crippen LogP contribution >= 0.6 is 15.2 Å². The number of carboxylic acids is 3. The lowest BCUT2D eigenvalue weighted by molar-refractivity contribution is -0.155. The molecule has 0 saturated carbocycles. The summed E-state index contributed by atoms with van der Waals surface area (Å²) in [6.07, 6.45) is -3.38. The number of hydrogen-bond acceptors (Lipinski definition) is 8. The molecule has 0 fully saturated rings. The molecule has 0 aromatic heterocycles. The highest BCUT2D eigenvalue weighted by molar-refractivity contribution is 7.52. The van der Waals surface area contributed by atoms with Gasteiger partial charge >= 0.3 is 33.1 Å². The maximum absolute atomic E-state index is 11.9. The van der Waals surface area contributed by atoms with Crippen LogP contribution < -0.4 is 11.1 Å². The summed E-state index contributed by atoms with van der Waals surface area (Å²) in [7, 11) is -9.62. The second kappa shape index (κ2) is 13.6. The van der Waals surface area contributed by atoms with E-state index < -0.39 is 83.2 Å². The molecule has 11 N–H and O–H groups in total. The van der Waals surface area contributed by atoms with Crippen molar-refractivity contribution in [2.75, 3.05) is 32.2 Å². The van der Waals surface area contributed by atoms with E-state index in [1.165, 1.54) is 0 Å². The molecule has 0 aromatic carbocycles. The summed E-state index contributed by atoms with van der Waals surface area (Å²) >= 11 is 0. The number of carboxylic acid groups (broad SMARTS) is 3. The number of nitrogens with two attached hydrogens (primary N) is 1. The van der Waals surface area contributed by atoms with Gasteiger partial charge in [0.2, 0.25) is 0 Å². The molecule has 0 aliphatic rings. The van der Waals surface area contributed by atoms with Gasteiger partial charge in [-0.3, -0.25) is 38.7 Å². The highest BCUT2D eigenvalue weighted by Gasteiger charge is 2.37. The van der Waals surface area contributed by atoms with E-state index in [2.05, 4.69) is 5.32 Å². The highest BCUT2D eigenvalue weighted by atomic mass is 31.2. The second-order valence-electron chi connectivity index (χ2n) is 7.03. The molecule has 0 amide bonds. The molecule has 19 heteroatoms. The van der Waals surface area contributed by atoms with E-state index in [0.29, 0.717) is 4.90 Å². The third-order valence-corrected chi connectivity index (χ3v) is 5.69. The smallest absolute Gasteiger partial charge is 0.339 e. The SMILES string of the molecule is N=C(N)NCCCC(C(=O)O)N(CCN(CP(=O)(O)O)CP(=O)(O)O)C(CC(=O)O)C(=O)O. The van der Waals surface area contributed by atoms with E-state index in [0.717, 1.165) is 4.90 Å². The third kappa shape index (κ3) is 14.6. The molecule has 0 heterocycles. The van der Waals surface area contributed by atoms with Gasteiger partial charge in [-0.15, -0.1) is 0 Å². The average Bonchev–Trinajstić information content (AvgIpc) is 2.58. The fraction of sp³-hybridized carbons (Fsp3) is 0.714. The van der Waals surface area contributed by atoms with Crippen LogP contribution in [0.25, 0.3) is 0 Å². The maximum atomic E-state index is 11.9. The van der Waals surface area contributed by atoms with E-state index in [-0.39, 0.29) is 19.4 Å². The summed E-state index contributed by atoms with van der Waals surface area (Å²) in [5.74, 6) is -5.15. The third-order valence-electron chi connectivity index (χ3n) is 4.15. The maximum Gasteiger partial charge on any atom is 0.339 e. The molecule has 17 nitrogen and oxygen atoms in total. The molecular formula is C14H29N5O12P2. The van der Waals surface area contributed by atoms with Crippen molar-refractivity contribution in [3.05, 3.63) is 0 Å². The van der Waals surface area contributed by atoms with Crippen molar-refractivity contribution in [2.24, 2.45) is 5.73 Å². The lowest BCUT2D eigenvalue weighted by Gasteiger charge is -2.35. The molecule has 33 heavy (non-hydrogen) atoms. The van der Waals surface area contributed by atoms with Crippen LogP contribution in [0.15, 0.2) is 0 Å². The molecule has 2 unspecified atom stereocenters. The minimum absolute atomic E-state index is 0.0478. The topological polar surface area (TPSA) is 295 Å². The zero-order chi connectivity index (χ0) is 26.0. The second-order valence-corrected chi connectivity index (χ2v) is 10.3. The van der Waals surface area contributed by atoms with E-state index in [1.54, 1.807) is 0 Å². The molecule has 0 aliphatic carbocycles. The van der Waals surface area contributed by atoms with Gasteiger partial charge < -0.3 is 45.9 Å². The zero-order valence-corrected chi connectivity index (χ0v) is 19.1. The Balaban J connectivity index is 5.89. The van der Waals surface area contributed by atoms with Crippen molar-refractivity contribution < 1.29 is 58.4 Å².